The predicted molar refractivity (Wildman–Crippen MR) is 85.7 cm³/mol. The first-order chi connectivity index (χ1) is 9.43. The molecule has 0 fully saturated rings. The fourth-order valence-corrected chi connectivity index (χ4v) is 2.93. The average Bonchev–Trinajstić information content (AvgIpc) is 2.40. The Kier molecular flexibility index (Phi) is 4.67. The molecular formula is C14H13BFIO3. The van der Waals surface area contributed by atoms with Crippen LogP contribution < -0.4 is 10.2 Å². The Morgan fingerprint density at radius 3 is 2.45 bits per heavy atom. The van der Waals surface area contributed by atoms with Crippen LogP contribution in [-0.4, -0.2) is 24.3 Å². The second-order valence-electron chi connectivity index (χ2n) is 4.44. The number of aryl methyl sites for hydroxylation is 1. The number of ether oxygens (including phenoxy) is 1. The molecule has 0 atom stereocenters. The van der Waals surface area contributed by atoms with Gasteiger partial charge in [0, 0.05) is 3.57 Å². The summed E-state index contributed by atoms with van der Waals surface area (Å²) in [5, 5.41) is 18.8. The van der Waals surface area contributed by atoms with E-state index >= 15 is 0 Å². The second-order valence-corrected chi connectivity index (χ2v) is 5.52. The molecule has 3 nitrogen and oxygen atoms in total. The quantitative estimate of drug-likeness (QED) is 0.628. The zero-order valence-electron chi connectivity index (χ0n) is 11.0. The Labute approximate surface area is 130 Å². The molecule has 2 rings (SSSR count). The number of methoxy groups -OCH3 is 1. The molecular weight excluding hydrogens is 373 g/mol. The van der Waals surface area contributed by atoms with E-state index in [1.807, 2.05) is 35.6 Å². The maximum Gasteiger partial charge on any atom is 0.489 e. The highest BCUT2D eigenvalue weighted by atomic mass is 127. The largest absolute Gasteiger partial charge is 0.494 e. The lowest BCUT2D eigenvalue weighted by Crippen LogP contribution is -2.33. The molecule has 0 saturated carbocycles. The van der Waals surface area contributed by atoms with Crippen LogP contribution in [0.15, 0.2) is 30.3 Å². The van der Waals surface area contributed by atoms with Gasteiger partial charge in [0.15, 0.2) is 11.6 Å². The Bertz CT molecular complexity index is 647. The fourth-order valence-electron chi connectivity index (χ4n) is 2.03. The second kappa shape index (κ2) is 6.11. The molecule has 0 saturated heterocycles. The number of benzene rings is 2. The molecule has 0 aliphatic heterocycles. The molecule has 0 unspecified atom stereocenters. The maximum atomic E-state index is 13.8. The molecule has 0 spiro atoms. The van der Waals surface area contributed by atoms with E-state index in [0.29, 0.717) is 14.6 Å². The number of hydrogen-bond acceptors (Lipinski definition) is 3. The fraction of sp³-hybridized carbons (Fsp3) is 0.143. The van der Waals surface area contributed by atoms with Gasteiger partial charge in [0.25, 0.3) is 0 Å². The van der Waals surface area contributed by atoms with Crippen LogP contribution in [0.3, 0.4) is 0 Å². The molecule has 2 aromatic carbocycles. The lowest BCUT2D eigenvalue weighted by Gasteiger charge is -2.12. The van der Waals surface area contributed by atoms with Crippen LogP contribution in [0.4, 0.5) is 4.39 Å². The molecule has 0 amide bonds. The van der Waals surface area contributed by atoms with Crippen molar-refractivity contribution in [1.82, 2.24) is 0 Å². The van der Waals surface area contributed by atoms with Crippen molar-refractivity contribution in [1.29, 1.82) is 0 Å². The van der Waals surface area contributed by atoms with Crippen LogP contribution in [0.1, 0.15) is 5.56 Å². The van der Waals surface area contributed by atoms with Crippen molar-refractivity contribution >= 4 is 35.2 Å². The molecule has 0 bridgehead atoms. The van der Waals surface area contributed by atoms with Crippen LogP contribution in [0, 0.1) is 16.3 Å². The van der Waals surface area contributed by atoms with Crippen LogP contribution in [0.2, 0.25) is 0 Å². The van der Waals surface area contributed by atoms with Crippen molar-refractivity contribution in [3.63, 3.8) is 0 Å². The Hall–Kier alpha value is -1.12. The van der Waals surface area contributed by atoms with Crippen molar-refractivity contribution in [3.05, 3.63) is 45.3 Å². The lowest BCUT2D eigenvalue weighted by atomic mass is 9.78. The van der Waals surface area contributed by atoms with Gasteiger partial charge in [-0.15, -0.1) is 0 Å². The first-order valence-corrected chi connectivity index (χ1v) is 7.02. The van der Waals surface area contributed by atoms with E-state index in [4.69, 9.17) is 4.74 Å². The first kappa shape index (κ1) is 15.3. The van der Waals surface area contributed by atoms with E-state index in [2.05, 4.69) is 0 Å². The molecule has 0 aromatic heterocycles. The molecule has 0 aliphatic carbocycles. The van der Waals surface area contributed by atoms with Gasteiger partial charge in [-0.3, -0.25) is 0 Å². The zero-order chi connectivity index (χ0) is 14.9. The minimum atomic E-state index is -1.55. The van der Waals surface area contributed by atoms with Crippen LogP contribution in [-0.2, 0) is 0 Å². The van der Waals surface area contributed by atoms with E-state index in [-0.39, 0.29) is 5.75 Å². The lowest BCUT2D eigenvalue weighted by molar-refractivity contribution is 0.386. The van der Waals surface area contributed by atoms with Crippen molar-refractivity contribution in [2.75, 3.05) is 7.11 Å². The average molecular weight is 386 g/mol. The Morgan fingerprint density at radius 1 is 1.20 bits per heavy atom. The molecule has 6 heteroatoms. The van der Waals surface area contributed by atoms with Gasteiger partial charge in [0.05, 0.1) is 7.11 Å². The minimum Gasteiger partial charge on any atom is -0.494 e. The Balaban J connectivity index is 2.60. The van der Waals surface area contributed by atoms with Crippen LogP contribution in [0.5, 0.6) is 5.75 Å². The summed E-state index contributed by atoms with van der Waals surface area (Å²) < 4.78 is 19.4. The third-order valence-corrected chi connectivity index (χ3v) is 4.19. The molecule has 0 radical (unpaired) electrons. The van der Waals surface area contributed by atoms with E-state index in [1.165, 1.54) is 13.2 Å². The summed E-state index contributed by atoms with van der Waals surface area (Å²) in [7, 11) is -0.141. The summed E-state index contributed by atoms with van der Waals surface area (Å²) in [6.07, 6.45) is 0. The summed E-state index contributed by atoms with van der Waals surface area (Å²) in [4.78, 5) is 0. The highest BCUT2D eigenvalue weighted by molar-refractivity contribution is 14.1. The predicted octanol–water partition coefficient (Wildman–Crippen LogP) is 2.09. The third-order valence-electron chi connectivity index (χ3n) is 2.99. The highest BCUT2D eigenvalue weighted by Gasteiger charge is 2.19. The van der Waals surface area contributed by atoms with E-state index in [0.717, 1.165) is 11.1 Å². The van der Waals surface area contributed by atoms with Gasteiger partial charge in [-0.05, 0) is 58.2 Å². The van der Waals surface area contributed by atoms with E-state index in [9.17, 15) is 14.4 Å². The van der Waals surface area contributed by atoms with Crippen LogP contribution in [0.25, 0.3) is 11.1 Å². The van der Waals surface area contributed by atoms with Crippen molar-refractivity contribution in [2.45, 2.75) is 6.92 Å². The van der Waals surface area contributed by atoms with Gasteiger partial charge in [-0.2, -0.15) is 0 Å². The molecule has 2 aromatic rings. The van der Waals surface area contributed by atoms with Crippen LogP contribution >= 0.6 is 22.6 Å². The Morgan fingerprint density at radius 2 is 1.90 bits per heavy atom. The van der Waals surface area contributed by atoms with Gasteiger partial charge >= 0.3 is 7.12 Å². The van der Waals surface area contributed by atoms with Crippen molar-refractivity contribution in [3.8, 4) is 16.9 Å². The smallest absolute Gasteiger partial charge is 0.489 e. The third kappa shape index (κ3) is 2.97. The normalized spacial score (nSPS) is 10.5. The van der Waals surface area contributed by atoms with Gasteiger partial charge in [0.2, 0.25) is 0 Å². The SMILES string of the molecule is COc1ccc(-c2cc(C)cc(B(O)O)c2I)cc1F. The van der Waals surface area contributed by atoms with Gasteiger partial charge in [0.1, 0.15) is 0 Å². The van der Waals surface area contributed by atoms with Gasteiger partial charge < -0.3 is 14.8 Å². The van der Waals surface area contributed by atoms with E-state index in [1.54, 1.807) is 18.2 Å². The van der Waals surface area contributed by atoms with Gasteiger partial charge in [-0.25, -0.2) is 4.39 Å². The first-order valence-electron chi connectivity index (χ1n) is 5.94. The van der Waals surface area contributed by atoms with E-state index < -0.39 is 12.9 Å². The molecule has 0 aliphatic rings. The number of hydrogen-bond donors (Lipinski definition) is 2. The molecule has 104 valence electrons. The maximum absolute atomic E-state index is 13.8. The van der Waals surface area contributed by atoms with Crippen molar-refractivity contribution in [2.24, 2.45) is 0 Å². The summed E-state index contributed by atoms with van der Waals surface area (Å²) >= 11 is 2.03. The van der Waals surface area contributed by atoms with Gasteiger partial charge in [-0.1, -0.05) is 23.8 Å². The summed E-state index contributed by atoms with van der Waals surface area (Å²) in [6, 6.07) is 8.26. The standard InChI is InChI=1S/C14H13BFIO3/c1-8-5-10(14(17)11(6-8)15(18)19)9-3-4-13(20-2)12(16)7-9/h3-7,18-19H,1-2H3. The number of halogens is 2. The monoisotopic (exact) mass is 386 g/mol. The molecule has 20 heavy (non-hydrogen) atoms. The topological polar surface area (TPSA) is 49.7 Å². The highest BCUT2D eigenvalue weighted by Crippen LogP contribution is 2.29. The summed E-state index contributed by atoms with van der Waals surface area (Å²) in [5.41, 5.74) is 2.71. The summed E-state index contributed by atoms with van der Waals surface area (Å²) in [5.74, 6) is -0.271. The zero-order valence-corrected chi connectivity index (χ0v) is 13.2. The minimum absolute atomic E-state index is 0.179. The number of rotatable bonds is 3. The summed E-state index contributed by atoms with van der Waals surface area (Å²) in [6.45, 7) is 1.85. The molecule has 0 heterocycles. The van der Waals surface area contributed by atoms with Crippen molar-refractivity contribution < 1.29 is 19.2 Å². The molecule has 2 N–H and O–H groups in total.